The van der Waals surface area contributed by atoms with Crippen LogP contribution in [0.4, 0.5) is 0 Å². The molecule has 0 fully saturated rings. The lowest BCUT2D eigenvalue weighted by Gasteiger charge is -1.99. The van der Waals surface area contributed by atoms with E-state index in [9.17, 15) is 0 Å². The predicted molar refractivity (Wildman–Crippen MR) is 53.6 cm³/mol. The van der Waals surface area contributed by atoms with Crippen molar-refractivity contribution in [2.75, 3.05) is 7.05 Å². The van der Waals surface area contributed by atoms with Crippen LogP contribution < -0.4 is 5.32 Å². The van der Waals surface area contributed by atoms with Gasteiger partial charge in [-0.2, -0.15) is 5.10 Å². The van der Waals surface area contributed by atoms with Crippen LogP contribution in [0.25, 0.3) is 10.9 Å². The zero-order valence-corrected chi connectivity index (χ0v) is 7.89. The van der Waals surface area contributed by atoms with Crippen molar-refractivity contribution >= 4 is 10.9 Å². The molecule has 0 aliphatic heterocycles. The molecule has 68 valence electrons. The highest BCUT2D eigenvalue weighted by atomic mass is 15.1. The number of aromatic amines is 1. The number of H-pyrrole nitrogens is 1. The highest BCUT2D eigenvalue weighted by Crippen LogP contribution is 2.18. The molecule has 0 amide bonds. The van der Waals surface area contributed by atoms with E-state index in [2.05, 4.69) is 33.7 Å². The molecule has 0 atom stereocenters. The summed E-state index contributed by atoms with van der Waals surface area (Å²) in [5.41, 5.74) is 3.45. The van der Waals surface area contributed by atoms with Gasteiger partial charge in [0.05, 0.1) is 5.52 Å². The summed E-state index contributed by atoms with van der Waals surface area (Å²) >= 11 is 0. The van der Waals surface area contributed by atoms with E-state index in [-0.39, 0.29) is 0 Å². The smallest absolute Gasteiger partial charge is 0.0968 e. The van der Waals surface area contributed by atoms with Gasteiger partial charge in [-0.25, -0.2) is 0 Å². The molecule has 0 aliphatic rings. The summed E-state index contributed by atoms with van der Waals surface area (Å²) in [4.78, 5) is 0. The maximum Gasteiger partial charge on any atom is 0.0968 e. The second-order valence-electron chi connectivity index (χ2n) is 3.19. The molecule has 1 aromatic heterocycles. The zero-order chi connectivity index (χ0) is 9.26. The molecule has 0 saturated heterocycles. The Morgan fingerprint density at radius 1 is 1.46 bits per heavy atom. The summed E-state index contributed by atoms with van der Waals surface area (Å²) in [5, 5.41) is 11.6. The minimum atomic E-state index is 0.863. The molecule has 0 bridgehead atoms. The van der Waals surface area contributed by atoms with E-state index >= 15 is 0 Å². The Kier molecular flexibility index (Phi) is 2.02. The van der Waals surface area contributed by atoms with Gasteiger partial charge in [0.15, 0.2) is 0 Å². The van der Waals surface area contributed by atoms with Crippen molar-refractivity contribution in [3.63, 3.8) is 0 Å². The van der Waals surface area contributed by atoms with Crippen molar-refractivity contribution in [1.82, 2.24) is 15.5 Å². The first-order valence-corrected chi connectivity index (χ1v) is 4.40. The van der Waals surface area contributed by atoms with Gasteiger partial charge in [-0.1, -0.05) is 18.2 Å². The molecule has 1 aromatic carbocycles. The van der Waals surface area contributed by atoms with E-state index in [0.29, 0.717) is 0 Å². The standard InChI is InChI=1S/C10H13N3/c1-7-9-5-3-4-8(6-11-2)10(9)13-12-7/h3-5,11H,6H2,1-2H3,(H,12,13). The summed E-state index contributed by atoms with van der Waals surface area (Å²) in [6.07, 6.45) is 0. The van der Waals surface area contributed by atoms with Gasteiger partial charge >= 0.3 is 0 Å². The van der Waals surface area contributed by atoms with Crippen molar-refractivity contribution in [2.24, 2.45) is 0 Å². The lowest BCUT2D eigenvalue weighted by molar-refractivity contribution is 0.821. The van der Waals surface area contributed by atoms with Crippen molar-refractivity contribution in [3.05, 3.63) is 29.5 Å². The third-order valence-corrected chi connectivity index (χ3v) is 2.23. The third kappa shape index (κ3) is 1.31. The zero-order valence-electron chi connectivity index (χ0n) is 7.89. The van der Waals surface area contributed by atoms with Crippen LogP contribution in [0.2, 0.25) is 0 Å². The van der Waals surface area contributed by atoms with Gasteiger partial charge < -0.3 is 5.32 Å². The minimum Gasteiger partial charge on any atom is -0.316 e. The molecule has 0 aliphatic carbocycles. The molecule has 13 heavy (non-hydrogen) atoms. The van der Waals surface area contributed by atoms with Gasteiger partial charge in [0.25, 0.3) is 0 Å². The van der Waals surface area contributed by atoms with E-state index < -0.39 is 0 Å². The molecular weight excluding hydrogens is 162 g/mol. The fraction of sp³-hybridized carbons (Fsp3) is 0.300. The second-order valence-corrected chi connectivity index (χ2v) is 3.19. The van der Waals surface area contributed by atoms with Crippen LogP contribution in [0, 0.1) is 6.92 Å². The summed E-state index contributed by atoms with van der Waals surface area (Å²) in [6.45, 7) is 2.90. The molecular formula is C10H13N3. The monoisotopic (exact) mass is 175 g/mol. The number of hydrogen-bond acceptors (Lipinski definition) is 2. The van der Waals surface area contributed by atoms with Gasteiger partial charge in [-0.3, -0.25) is 5.10 Å². The molecule has 0 unspecified atom stereocenters. The Bertz CT molecular complexity index is 417. The van der Waals surface area contributed by atoms with Crippen molar-refractivity contribution in [1.29, 1.82) is 0 Å². The van der Waals surface area contributed by atoms with Gasteiger partial charge in [-0.15, -0.1) is 0 Å². The lowest BCUT2D eigenvalue weighted by Crippen LogP contribution is -2.05. The van der Waals surface area contributed by atoms with Gasteiger partial charge in [0, 0.05) is 17.6 Å². The maximum atomic E-state index is 4.27. The lowest BCUT2D eigenvalue weighted by atomic mass is 10.1. The van der Waals surface area contributed by atoms with E-state index in [1.165, 1.54) is 10.9 Å². The first kappa shape index (κ1) is 8.26. The summed E-state index contributed by atoms with van der Waals surface area (Å²) in [5.74, 6) is 0. The van der Waals surface area contributed by atoms with Crippen LogP contribution >= 0.6 is 0 Å². The van der Waals surface area contributed by atoms with Crippen LogP contribution in [0.15, 0.2) is 18.2 Å². The predicted octanol–water partition coefficient (Wildman–Crippen LogP) is 1.59. The van der Waals surface area contributed by atoms with E-state index in [0.717, 1.165) is 17.8 Å². The maximum absolute atomic E-state index is 4.27. The van der Waals surface area contributed by atoms with E-state index in [1.807, 2.05) is 14.0 Å². The Morgan fingerprint density at radius 2 is 2.31 bits per heavy atom. The number of rotatable bonds is 2. The average molecular weight is 175 g/mol. The van der Waals surface area contributed by atoms with Crippen molar-refractivity contribution in [2.45, 2.75) is 13.5 Å². The van der Waals surface area contributed by atoms with E-state index in [4.69, 9.17) is 0 Å². The molecule has 0 radical (unpaired) electrons. The molecule has 3 nitrogen and oxygen atoms in total. The van der Waals surface area contributed by atoms with Crippen LogP contribution in [0.3, 0.4) is 0 Å². The molecule has 3 heteroatoms. The molecule has 2 rings (SSSR count). The minimum absolute atomic E-state index is 0.863. The first-order chi connectivity index (χ1) is 6.33. The Balaban J connectivity index is 2.63. The van der Waals surface area contributed by atoms with Crippen LogP contribution in [-0.4, -0.2) is 17.2 Å². The number of aryl methyl sites for hydroxylation is 1. The number of fused-ring (bicyclic) bond motifs is 1. The van der Waals surface area contributed by atoms with Gasteiger partial charge in [-0.05, 0) is 19.5 Å². The molecule has 2 N–H and O–H groups in total. The van der Waals surface area contributed by atoms with Crippen molar-refractivity contribution in [3.8, 4) is 0 Å². The van der Waals surface area contributed by atoms with Gasteiger partial charge in [0.1, 0.15) is 0 Å². The summed E-state index contributed by atoms with van der Waals surface area (Å²) in [6, 6.07) is 6.25. The highest BCUT2D eigenvalue weighted by Gasteiger charge is 2.04. The number of para-hydroxylation sites is 1. The number of nitrogens with zero attached hydrogens (tertiary/aromatic N) is 1. The number of hydrogen-bond donors (Lipinski definition) is 2. The topological polar surface area (TPSA) is 40.7 Å². The number of aromatic nitrogens is 2. The number of nitrogens with one attached hydrogen (secondary N) is 2. The Morgan fingerprint density at radius 3 is 3.08 bits per heavy atom. The Labute approximate surface area is 77.2 Å². The first-order valence-electron chi connectivity index (χ1n) is 4.40. The molecule has 0 saturated carbocycles. The van der Waals surface area contributed by atoms with Crippen LogP contribution in [0.1, 0.15) is 11.3 Å². The summed E-state index contributed by atoms with van der Waals surface area (Å²) in [7, 11) is 1.94. The van der Waals surface area contributed by atoms with Gasteiger partial charge in [0.2, 0.25) is 0 Å². The van der Waals surface area contributed by atoms with E-state index in [1.54, 1.807) is 0 Å². The van der Waals surface area contributed by atoms with Crippen molar-refractivity contribution < 1.29 is 0 Å². The van der Waals surface area contributed by atoms with Crippen LogP contribution in [0.5, 0.6) is 0 Å². The summed E-state index contributed by atoms with van der Waals surface area (Å²) < 4.78 is 0. The van der Waals surface area contributed by atoms with Crippen LogP contribution in [-0.2, 0) is 6.54 Å². The third-order valence-electron chi connectivity index (χ3n) is 2.23. The fourth-order valence-electron chi connectivity index (χ4n) is 1.56. The quantitative estimate of drug-likeness (QED) is 0.727. The largest absolute Gasteiger partial charge is 0.316 e. The highest BCUT2D eigenvalue weighted by molar-refractivity contribution is 5.84. The number of benzene rings is 1. The fourth-order valence-corrected chi connectivity index (χ4v) is 1.56. The average Bonchev–Trinajstić information content (AvgIpc) is 2.50. The molecule has 2 aromatic rings. The normalized spacial score (nSPS) is 10.9. The molecule has 0 spiro atoms. The Hall–Kier alpha value is -1.35. The second kappa shape index (κ2) is 3.18. The SMILES string of the molecule is CNCc1cccc2c(C)[nH]nc12. The molecule has 1 heterocycles.